The van der Waals surface area contributed by atoms with Crippen LogP contribution in [0.1, 0.15) is 5.56 Å². The minimum absolute atomic E-state index is 0.102. The Hall–Kier alpha value is -0.850. The summed E-state index contributed by atoms with van der Waals surface area (Å²) in [6.45, 7) is 0. The average Bonchev–Trinajstić information content (AvgIpc) is 2.32. The van der Waals surface area contributed by atoms with Crippen molar-refractivity contribution < 1.29 is 8.42 Å². The first-order chi connectivity index (χ1) is 6.92. The molecule has 1 heterocycles. The minimum Gasteiger partial charge on any atom is -0.199 e. The fourth-order valence-corrected chi connectivity index (χ4v) is 3.85. The van der Waals surface area contributed by atoms with Gasteiger partial charge in [0.25, 0.3) is 14.5 Å². The monoisotopic (exact) mass is 266 g/mol. The van der Waals surface area contributed by atoms with Crippen LogP contribution < -0.4 is 0 Å². The van der Waals surface area contributed by atoms with Crippen LogP contribution >= 0.6 is 23.2 Å². The number of nitrogens with zero attached hydrogens (tertiary/aromatic N) is 2. The largest absolute Gasteiger partial charge is 0.285 e. The van der Waals surface area contributed by atoms with Crippen LogP contribution in [0.15, 0.2) is 34.4 Å². The van der Waals surface area contributed by atoms with Gasteiger partial charge in [0.2, 0.25) is 0 Å². The molecule has 0 aromatic heterocycles. The topological polar surface area (TPSA) is 66.8 Å². The molecule has 1 aromatic carbocycles. The number of benzene rings is 1. The van der Waals surface area contributed by atoms with Crippen LogP contribution in [0.3, 0.4) is 0 Å². The summed E-state index contributed by atoms with van der Waals surface area (Å²) in [6.07, 6.45) is 0. The van der Waals surface area contributed by atoms with Gasteiger partial charge in [0.05, 0.1) is 10.2 Å². The highest BCUT2D eigenvalue weighted by Gasteiger charge is 2.53. The summed E-state index contributed by atoms with van der Waals surface area (Å²) in [6, 6.07) is 5.82. The van der Waals surface area contributed by atoms with Gasteiger partial charge >= 0.3 is 0 Å². The SMILES string of the molecule is O=NN1C(Cl)(Cl)c2ccccc2S1(=O)=O. The zero-order valence-electron chi connectivity index (χ0n) is 7.09. The van der Waals surface area contributed by atoms with E-state index >= 15 is 0 Å². The van der Waals surface area contributed by atoms with Gasteiger partial charge < -0.3 is 0 Å². The summed E-state index contributed by atoms with van der Waals surface area (Å²) in [5.41, 5.74) is 0.132. The van der Waals surface area contributed by atoms with Crippen LogP contribution in [0, 0.1) is 4.91 Å². The fourth-order valence-electron chi connectivity index (χ4n) is 1.38. The molecule has 0 spiro atoms. The lowest BCUT2D eigenvalue weighted by Crippen LogP contribution is -2.30. The van der Waals surface area contributed by atoms with E-state index in [0.29, 0.717) is 0 Å². The lowest BCUT2D eigenvalue weighted by molar-refractivity contribution is 0.394. The summed E-state index contributed by atoms with van der Waals surface area (Å²) in [7, 11) is -4.01. The van der Waals surface area contributed by atoms with E-state index in [0.717, 1.165) is 0 Å². The summed E-state index contributed by atoms with van der Waals surface area (Å²) in [5.74, 6) is 0. The summed E-state index contributed by atoms with van der Waals surface area (Å²) < 4.78 is 21.6. The van der Waals surface area contributed by atoms with E-state index in [1.54, 1.807) is 6.07 Å². The van der Waals surface area contributed by atoms with Crippen molar-refractivity contribution in [3.05, 3.63) is 34.7 Å². The first-order valence-corrected chi connectivity index (χ1v) is 5.98. The molecule has 1 aliphatic heterocycles. The molecule has 0 bridgehead atoms. The second-order valence-corrected chi connectivity index (χ2v) is 5.89. The number of halogens is 2. The van der Waals surface area contributed by atoms with Gasteiger partial charge in [0.1, 0.15) is 0 Å². The smallest absolute Gasteiger partial charge is 0.199 e. The number of sulfonamides is 1. The van der Waals surface area contributed by atoms with E-state index < -0.39 is 14.5 Å². The van der Waals surface area contributed by atoms with Crippen LogP contribution in [-0.4, -0.2) is 12.8 Å². The molecule has 0 amide bonds. The Bertz CT molecular complexity index is 529. The molecule has 0 unspecified atom stereocenters. The van der Waals surface area contributed by atoms with Crippen LogP contribution in [0.4, 0.5) is 0 Å². The van der Waals surface area contributed by atoms with Crippen molar-refractivity contribution in [3.8, 4) is 0 Å². The zero-order valence-corrected chi connectivity index (χ0v) is 9.42. The molecule has 0 saturated carbocycles. The lowest BCUT2D eigenvalue weighted by atomic mass is 10.2. The zero-order chi connectivity index (χ0) is 11.3. The van der Waals surface area contributed by atoms with Crippen molar-refractivity contribution in [2.24, 2.45) is 5.29 Å². The third-order valence-electron chi connectivity index (χ3n) is 2.03. The Balaban J connectivity index is 2.83. The molecule has 0 radical (unpaired) electrons. The first kappa shape index (κ1) is 10.7. The van der Waals surface area contributed by atoms with Crippen molar-refractivity contribution in [2.75, 3.05) is 0 Å². The van der Waals surface area contributed by atoms with Gasteiger partial charge in [0.15, 0.2) is 0 Å². The van der Waals surface area contributed by atoms with Gasteiger partial charge in [-0.1, -0.05) is 41.4 Å². The molecule has 0 fully saturated rings. The molecule has 2 rings (SSSR count). The molecule has 8 heteroatoms. The third-order valence-corrected chi connectivity index (χ3v) is 4.67. The molecule has 15 heavy (non-hydrogen) atoms. The number of hydrogen-bond acceptors (Lipinski definition) is 4. The van der Waals surface area contributed by atoms with E-state index in [9.17, 15) is 13.3 Å². The average molecular weight is 267 g/mol. The van der Waals surface area contributed by atoms with Gasteiger partial charge in [0, 0.05) is 5.56 Å². The number of nitroso groups, excluding NO2 is 1. The Labute approximate surface area is 95.6 Å². The standard InChI is InChI=1S/C7H4Cl2N2O3S/c8-7(9)5-3-1-2-4-6(5)15(13,14)11(7)10-12/h1-4H. The second kappa shape index (κ2) is 3.07. The van der Waals surface area contributed by atoms with Gasteiger partial charge in [-0.25, -0.2) is 0 Å². The van der Waals surface area contributed by atoms with Crippen LogP contribution in [0.2, 0.25) is 0 Å². The highest BCUT2D eigenvalue weighted by Crippen LogP contribution is 2.49. The highest BCUT2D eigenvalue weighted by atomic mass is 35.5. The van der Waals surface area contributed by atoms with E-state index in [1.165, 1.54) is 18.2 Å². The lowest BCUT2D eigenvalue weighted by Gasteiger charge is -2.18. The number of hydrogen-bond donors (Lipinski definition) is 0. The number of fused-ring (bicyclic) bond motifs is 1. The summed E-state index contributed by atoms with van der Waals surface area (Å²) >= 11 is 11.5. The molecule has 0 aliphatic carbocycles. The molecule has 80 valence electrons. The molecular weight excluding hydrogens is 263 g/mol. The van der Waals surface area contributed by atoms with Gasteiger partial charge in [-0.3, -0.25) is 0 Å². The Morgan fingerprint density at radius 2 is 1.87 bits per heavy atom. The van der Waals surface area contributed by atoms with Crippen molar-refractivity contribution in [1.82, 2.24) is 4.41 Å². The molecule has 1 aliphatic rings. The molecule has 0 saturated heterocycles. The van der Waals surface area contributed by atoms with Crippen LogP contribution in [-0.2, 0) is 14.5 Å². The van der Waals surface area contributed by atoms with E-state index in [-0.39, 0.29) is 14.9 Å². The van der Waals surface area contributed by atoms with Crippen molar-refractivity contribution in [2.45, 2.75) is 9.35 Å². The van der Waals surface area contributed by atoms with Gasteiger partial charge in [-0.2, -0.15) is 8.42 Å². The first-order valence-electron chi connectivity index (χ1n) is 3.78. The number of alkyl halides is 2. The minimum atomic E-state index is -4.01. The quantitative estimate of drug-likeness (QED) is 0.443. The van der Waals surface area contributed by atoms with Crippen LogP contribution in [0.5, 0.6) is 0 Å². The van der Waals surface area contributed by atoms with Crippen molar-refractivity contribution in [1.29, 1.82) is 0 Å². The highest BCUT2D eigenvalue weighted by molar-refractivity contribution is 7.89. The molecule has 5 nitrogen and oxygen atoms in total. The third kappa shape index (κ3) is 1.25. The molecule has 1 aromatic rings. The molecular formula is C7H4Cl2N2O3S. The van der Waals surface area contributed by atoms with E-state index in [4.69, 9.17) is 23.2 Å². The Morgan fingerprint density at radius 3 is 2.40 bits per heavy atom. The molecule has 0 atom stereocenters. The predicted molar refractivity (Wildman–Crippen MR) is 54.6 cm³/mol. The summed E-state index contributed by atoms with van der Waals surface area (Å²) in [4.78, 5) is 10.3. The Kier molecular flexibility index (Phi) is 2.18. The maximum atomic E-state index is 11.7. The van der Waals surface area contributed by atoms with Gasteiger partial charge in [-0.15, -0.1) is 9.32 Å². The van der Waals surface area contributed by atoms with Gasteiger partial charge in [-0.05, 0) is 6.07 Å². The van der Waals surface area contributed by atoms with Crippen LogP contribution in [0.25, 0.3) is 0 Å². The molecule has 0 N–H and O–H groups in total. The van der Waals surface area contributed by atoms with Crippen molar-refractivity contribution in [3.63, 3.8) is 0 Å². The number of rotatable bonds is 1. The normalized spacial score (nSPS) is 21.1. The fraction of sp³-hybridized carbons (Fsp3) is 0.143. The maximum Gasteiger partial charge on any atom is 0.285 e. The maximum absolute atomic E-state index is 11.7. The predicted octanol–water partition coefficient (Wildman–Crippen LogP) is 1.96. The second-order valence-electron chi connectivity index (χ2n) is 2.87. The summed E-state index contributed by atoms with van der Waals surface area (Å²) in [5, 5.41) is 2.34. The Morgan fingerprint density at radius 1 is 1.27 bits per heavy atom. The van der Waals surface area contributed by atoms with E-state index in [2.05, 4.69) is 5.29 Å². The van der Waals surface area contributed by atoms with E-state index in [1.807, 2.05) is 0 Å². The van der Waals surface area contributed by atoms with Crippen molar-refractivity contribution >= 4 is 33.2 Å².